The average molecular weight is 348 g/mol. The lowest BCUT2D eigenvalue weighted by molar-refractivity contribution is -0.131. The maximum atomic E-state index is 13.7. The molecule has 3 amide bonds. The Kier molecular flexibility index (Phi) is 3.89. The number of carbonyl (C=O) groups is 2. The molecule has 4 rings (SSSR count). The summed E-state index contributed by atoms with van der Waals surface area (Å²) >= 11 is 0. The number of amides is 3. The number of hydrogen-bond acceptors (Lipinski definition) is 3. The van der Waals surface area contributed by atoms with Gasteiger partial charge in [0.1, 0.15) is 6.17 Å². The molecule has 6 nitrogen and oxygen atoms in total. The average Bonchev–Trinajstić information content (AvgIpc) is 2.96. The van der Waals surface area contributed by atoms with Gasteiger partial charge in [-0.1, -0.05) is 0 Å². The number of imidazole rings is 1. The lowest BCUT2D eigenvalue weighted by atomic mass is 9.83. The van der Waals surface area contributed by atoms with Crippen LogP contribution >= 0.6 is 0 Å². The zero-order valence-corrected chi connectivity index (χ0v) is 13.6. The molecule has 0 atom stereocenters. The Bertz CT molecular complexity index is 831. The number of fused-ring (bicyclic) bond motifs is 1. The molecule has 1 saturated carbocycles. The number of halogens is 2. The highest BCUT2D eigenvalue weighted by atomic mass is 19.1. The van der Waals surface area contributed by atoms with Crippen molar-refractivity contribution in [2.75, 3.05) is 13.1 Å². The van der Waals surface area contributed by atoms with E-state index in [1.54, 1.807) is 23.4 Å². The van der Waals surface area contributed by atoms with E-state index in [9.17, 15) is 18.4 Å². The monoisotopic (exact) mass is 348 g/mol. The topological polar surface area (TPSA) is 57.9 Å². The highest BCUT2D eigenvalue weighted by Gasteiger charge is 2.37. The van der Waals surface area contributed by atoms with E-state index in [1.807, 2.05) is 0 Å². The Balaban J connectivity index is 1.49. The lowest BCUT2D eigenvalue weighted by Gasteiger charge is -2.39. The summed E-state index contributed by atoms with van der Waals surface area (Å²) in [7, 11) is 0. The van der Waals surface area contributed by atoms with Gasteiger partial charge in [0.25, 0.3) is 0 Å². The molecule has 132 valence electrons. The Morgan fingerprint density at radius 1 is 1.28 bits per heavy atom. The second kappa shape index (κ2) is 6.09. The third-order valence-electron chi connectivity index (χ3n) is 4.86. The first-order valence-corrected chi connectivity index (χ1v) is 8.36. The molecular weight excluding hydrogens is 330 g/mol. The Morgan fingerprint density at radius 3 is 2.80 bits per heavy atom. The molecule has 0 N–H and O–H groups in total. The Morgan fingerprint density at radius 2 is 2.08 bits per heavy atom. The fourth-order valence-corrected chi connectivity index (χ4v) is 3.45. The van der Waals surface area contributed by atoms with Gasteiger partial charge in [-0.2, -0.15) is 0 Å². The Labute approximate surface area is 143 Å². The van der Waals surface area contributed by atoms with Gasteiger partial charge in [0.05, 0.1) is 12.2 Å². The highest BCUT2D eigenvalue weighted by Crippen LogP contribution is 2.31. The molecular formula is C17H18F2N4O2. The molecule has 3 heterocycles. The van der Waals surface area contributed by atoms with Crippen molar-refractivity contribution >= 4 is 17.6 Å². The third-order valence-corrected chi connectivity index (χ3v) is 4.86. The molecule has 0 radical (unpaired) electrons. The lowest BCUT2D eigenvalue weighted by Crippen LogP contribution is -2.53. The standard InChI is InChI=1S/C17H18F2N4O2/c18-12-6-11(7-12)8-22-5-3-15(24)23(17(22)25)10-13-9-21-4-1-2-14(19)16(21)20-13/h1-2,4,9,11-12H,3,5-8,10H2. The number of nitrogens with zero attached hydrogens (tertiary/aromatic N) is 4. The van der Waals surface area contributed by atoms with Crippen molar-refractivity contribution in [3.05, 3.63) is 36.0 Å². The fourth-order valence-electron chi connectivity index (χ4n) is 3.45. The van der Waals surface area contributed by atoms with E-state index in [2.05, 4.69) is 4.98 Å². The zero-order valence-electron chi connectivity index (χ0n) is 13.6. The quantitative estimate of drug-likeness (QED) is 0.852. The number of carbonyl (C=O) groups excluding carboxylic acids is 2. The van der Waals surface area contributed by atoms with Crippen LogP contribution in [0.5, 0.6) is 0 Å². The van der Waals surface area contributed by atoms with Crippen LogP contribution < -0.4 is 0 Å². The number of alkyl halides is 1. The number of hydrogen-bond donors (Lipinski definition) is 0. The molecule has 0 aromatic carbocycles. The van der Waals surface area contributed by atoms with Crippen LogP contribution in [0.4, 0.5) is 13.6 Å². The molecule has 0 bridgehead atoms. The first-order valence-electron chi connectivity index (χ1n) is 8.36. The number of pyridine rings is 1. The number of aromatic nitrogens is 2. The molecule has 1 aliphatic heterocycles. The molecule has 1 aliphatic carbocycles. The summed E-state index contributed by atoms with van der Waals surface area (Å²) in [5.74, 6) is -0.563. The van der Waals surface area contributed by atoms with Gasteiger partial charge >= 0.3 is 6.03 Å². The van der Waals surface area contributed by atoms with Crippen molar-refractivity contribution in [1.29, 1.82) is 0 Å². The van der Waals surface area contributed by atoms with Crippen LogP contribution in [0.25, 0.3) is 5.65 Å². The van der Waals surface area contributed by atoms with Crippen LogP contribution in [-0.4, -0.2) is 50.4 Å². The maximum absolute atomic E-state index is 13.7. The van der Waals surface area contributed by atoms with Gasteiger partial charge in [-0.15, -0.1) is 0 Å². The molecule has 2 aromatic rings. The Hall–Kier alpha value is -2.51. The van der Waals surface area contributed by atoms with Crippen molar-refractivity contribution < 1.29 is 18.4 Å². The van der Waals surface area contributed by atoms with E-state index in [-0.39, 0.29) is 36.5 Å². The SMILES string of the molecule is O=C1CCN(CC2CC(F)C2)C(=O)N1Cc1cn2cccc(F)c2n1. The summed E-state index contributed by atoms with van der Waals surface area (Å²) in [6, 6.07) is 2.49. The molecule has 25 heavy (non-hydrogen) atoms. The number of imide groups is 1. The largest absolute Gasteiger partial charge is 0.327 e. The van der Waals surface area contributed by atoms with E-state index in [4.69, 9.17) is 0 Å². The predicted molar refractivity (Wildman–Crippen MR) is 84.9 cm³/mol. The summed E-state index contributed by atoms with van der Waals surface area (Å²) < 4.78 is 28.2. The smallest absolute Gasteiger partial charge is 0.323 e. The normalized spacial score (nSPS) is 24.1. The van der Waals surface area contributed by atoms with Crippen molar-refractivity contribution in [2.45, 2.75) is 32.0 Å². The molecule has 0 spiro atoms. The zero-order chi connectivity index (χ0) is 17.6. The van der Waals surface area contributed by atoms with Crippen LogP contribution in [0.15, 0.2) is 24.5 Å². The summed E-state index contributed by atoms with van der Waals surface area (Å²) in [5, 5.41) is 0. The second-order valence-electron chi connectivity index (χ2n) is 6.71. The molecule has 2 fully saturated rings. The second-order valence-corrected chi connectivity index (χ2v) is 6.71. The van der Waals surface area contributed by atoms with E-state index in [1.165, 1.54) is 10.5 Å². The summed E-state index contributed by atoms with van der Waals surface area (Å²) in [6.07, 6.45) is 3.69. The summed E-state index contributed by atoms with van der Waals surface area (Å²) in [5.41, 5.74) is 0.607. The van der Waals surface area contributed by atoms with Crippen molar-refractivity contribution in [3.8, 4) is 0 Å². The highest BCUT2D eigenvalue weighted by molar-refractivity contribution is 5.96. The van der Waals surface area contributed by atoms with Crippen LogP contribution in [-0.2, 0) is 11.3 Å². The van der Waals surface area contributed by atoms with Crippen molar-refractivity contribution in [3.63, 3.8) is 0 Å². The fraction of sp³-hybridized carbons (Fsp3) is 0.471. The van der Waals surface area contributed by atoms with Gasteiger partial charge in [-0.05, 0) is 30.9 Å². The van der Waals surface area contributed by atoms with Gasteiger partial charge in [0.15, 0.2) is 11.5 Å². The van der Waals surface area contributed by atoms with Crippen molar-refractivity contribution in [2.24, 2.45) is 5.92 Å². The van der Waals surface area contributed by atoms with Crippen LogP contribution in [0.3, 0.4) is 0 Å². The van der Waals surface area contributed by atoms with Gasteiger partial charge in [-0.25, -0.2) is 18.6 Å². The first kappa shape index (κ1) is 16.0. The van der Waals surface area contributed by atoms with Crippen LogP contribution in [0.2, 0.25) is 0 Å². The van der Waals surface area contributed by atoms with Gasteiger partial charge in [-0.3, -0.25) is 9.69 Å². The van der Waals surface area contributed by atoms with E-state index >= 15 is 0 Å². The van der Waals surface area contributed by atoms with E-state index < -0.39 is 12.0 Å². The predicted octanol–water partition coefficient (Wildman–Crippen LogP) is 2.38. The molecule has 1 saturated heterocycles. The molecule has 0 unspecified atom stereocenters. The van der Waals surface area contributed by atoms with E-state index in [0.717, 1.165) is 4.90 Å². The van der Waals surface area contributed by atoms with Gasteiger partial charge < -0.3 is 9.30 Å². The molecule has 2 aliphatic rings. The number of rotatable bonds is 4. The minimum atomic E-state index is -0.768. The minimum absolute atomic E-state index is 0.00564. The van der Waals surface area contributed by atoms with Gasteiger partial charge in [0.2, 0.25) is 5.91 Å². The third kappa shape index (κ3) is 2.96. The minimum Gasteiger partial charge on any atom is -0.323 e. The van der Waals surface area contributed by atoms with Gasteiger partial charge in [0, 0.05) is 31.9 Å². The molecule has 2 aromatic heterocycles. The maximum Gasteiger partial charge on any atom is 0.327 e. The van der Waals surface area contributed by atoms with E-state index in [0.29, 0.717) is 31.6 Å². The van der Waals surface area contributed by atoms with Crippen LogP contribution in [0.1, 0.15) is 25.0 Å². The summed E-state index contributed by atoms with van der Waals surface area (Å²) in [6.45, 7) is 0.843. The summed E-state index contributed by atoms with van der Waals surface area (Å²) in [4.78, 5) is 31.7. The van der Waals surface area contributed by atoms with Crippen LogP contribution in [0, 0.1) is 11.7 Å². The first-order chi connectivity index (χ1) is 12.0. The number of urea groups is 1. The molecule has 8 heteroatoms. The van der Waals surface area contributed by atoms with Crippen molar-refractivity contribution in [1.82, 2.24) is 19.2 Å².